The molecule has 2 aromatic rings. The Labute approximate surface area is 182 Å². The van der Waals surface area contributed by atoms with Crippen molar-refractivity contribution in [1.82, 2.24) is 20.0 Å². The number of nitrogens with zero attached hydrogens (tertiary/aromatic N) is 3. The monoisotopic (exact) mass is 426 g/mol. The summed E-state index contributed by atoms with van der Waals surface area (Å²) in [5.41, 5.74) is 1.66. The third kappa shape index (κ3) is 4.55. The van der Waals surface area contributed by atoms with Crippen LogP contribution in [0, 0.1) is 0 Å². The number of likely N-dealkylation sites (tertiary alicyclic amines) is 1. The minimum atomic E-state index is -0.139. The first-order valence-corrected chi connectivity index (χ1v) is 11.2. The van der Waals surface area contributed by atoms with Crippen molar-refractivity contribution in [3.8, 4) is 11.5 Å². The van der Waals surface area contributed by atoms with Crippen molar-refractivity contribution in [3.05, 3.63) is 41.7 Å². The van der Waals surface area contributed by atoms with Crippen molar-refractivity contribution >= 4 is 5.91 Å². The molecule has 3 aliphatic heterocycles. The molecule has 1 spiro atoms. The molecule has 8 nitrogen and oxygen atoms in total. The number of rotatable bonds is 5. The van der Waals surface area contributed by atoms with Crippen LogP contribution in [-0.4, -0.2) is 65.1 Å². The molecule has 8 heteroatoms. The molecule has 1 aromatic carbocycles. The molecule has 5 rings (SSSR count). The predicted octanol–water partition coefficient (Wildman–Crippen LogP) is 2.13. The molecule has 1 N–H and O–H groups in total. The number of aryl methyl sites for hydroxylation is 1. The number of fused-ring (bicyclic) bond motifs is 1. The van der Waals surface area contributed by atoms with E-state index >= 15 is 0 Å². The number of benzene rings is 1. The molecule has 0 saturated carbocycles. The van der Waals surface area contributed by atoms with Gasteiger partial charge in [0, 0.05) is 39.4 Å². The Morgan fingerprint density at radius 2 is 1.97 bits per heavy atom. The van der Waals surface area contributed by atoms with Crippen LogP contribution in [0.4, 0.5) is 0 Å². The number of carbonyl (C=O) groups excluding carboxylic acids is 1. The molecule has 0 radical (unpaired) electrons. The van der Waals surface area contributed by atoms with Gasteiger partial charge in [0.1, 0.15) is 18.9 Å². The molecule has 0 bridgehead atoms. The van der Waals surface area contributed by atoms with Crippen LogP contribution in [0.2, 0.25) is 0 Å². The van der Waals surface area contributed by atoms with E-state index in [1.54, 1.807) is 24.0 Å². The number of carbonyl (C=O) groups is 1. The summed E-state index contributed by atoms with van der Waals surface area (Å²) in [4.78, 5) is 14.7. The normalized spacial score (nSPS) is 22.5. The van der Waals surface area contributed by atoms with Crippen LogP contribution in [0.3, 0.4) is 0 Å². The summed E-state index contributed by atoms with van der Waals surface area (Å²) < 4.78 is 19.4. The quantitative estimate of drug-likeness (QED) is 0.789. The number of amides is 1. The Morgan fingerprint density at radius 1 is 1.16 bits per heavy atom. The molecule has 1 atom stereocenters. The molecule has 2 fully saturated rings. The van der Waals surface area contributed by atoms with Crippen molar-refractivity contribution < 1.29 is 19.0 Å². The van der Waals surface area contributed by atoms with Gasteiger partial charge in [0.25, 0.3) is 5.91 Å². The Balaban J connectivity index is 1.09. The smallest absolute Gasteiger partial charge is 0.271 e. The van der Waals surface area contributed by atoms with E-state index in [2.05, 4.69) is 27.4 Å². The molecule has 31 heavy (non-hydrogen) atoms. The largest absolute Gasteiger partial charge is 0.486 e. The van der Waals surface area contributed by atoms with Crippen molar-refractivity contribution in [2.45, 2.75) is 43.9 Å². The molecule has 4 heterocycles. The van der Waals surface area contributed by atoms with E-state index in [9.17, 15) is 4.79 Å². The van der Waals surface area contributed by atoms with Gasteiger partial charge in [-0.05, 0) is 49.4 Å². The summed E-state index contributed by atoms with van der Waals surface area (Å²) in [6.07, 6.45) is 5.97. The van der Waals surface area contributed by atoms with Crippen LogP contribution in [0.1, 0.15) is 41.7 Å². The SMILES string of the molecule is Cn1ccc(C(=O)NCC2CCC3(CCN(Cc4ccc5c(c4)OCCO5)CC3)O2)n1. The summed E-state index contributed by atoms with van der Waals surface area (Å²) in [5.74, 6) is 1.56. The van der Waals surface area contributed by atoms with Gasteiger partial charge in [0.2, 0.25) is 0 Å². The Morgan fingerprint density at radius 3 is 2.74 bits per heavy atom. The fourth-order valence-electron chi connectivity index (χ4n) is 4.80. The van der Waals surface area contributed by atoms with E-state index in [1.165, 1.54) is 5.56 Å². The van der Waals surface area contributed by atoms with E-state index in [-0.39, 0.29) is 17.6 Å². The molecule has 166 valence electrons. The number of aromatic nitrogens is 2. The maximum absolute atomic E-state index is 12.2. The number of piperidine rings is 1. The van der Waals surface area contributed by atoms with Gasteiger partial charge >= 0.3 is 0 Å². The highest BCUT2D eigenvalue weighted by atomic mass is 16.6. The van der Waals surface area contributed by atoms with E-state index in [0.717, 1.165) is 56.8 Å². The van der Waals surface area contributed by atoms with E-state index < -0.39 is 0 Å². The molecule has 0 aliphatic carbocycles. The fourth-order valence-corrected chi connectivity index (χ4v) is 4.80. The summed E-state index contributed by atoms with van der Waals surface area (Å²) in [6, 6.07) is 7.97. The zero-order valence-corrected chi connectivity index (χ0v) is 18.0. The predicted molar refractivity (Wildman–Crippen MR) is 114 cm³/mol. The number of hydrogen-bond donors (Lipinski definition) is 1. The number of nitrogens with one attached hydrogen (secondary N) is 1. The number of hydrogen-bond acceptors (Lipinski definition) is 6. The first kappa shape index (κ1) is 20.3. The molecule has 1 amide bonds. The third-order valence-electron chi connectivity index (χ3n) is 6.56. The van der Waals surface area contributed by atoms with Gasteiger partial charge in [-0.3, -0.25) is 14.4 Å². The van der Waals surface area contributed by atoms with Gasteiger partial charge in [-0.2, -0.15) is 5.10 Å². The van der Waals surface area contributed by atoms with Gasteiger partial charge in [-0.15, -0.1) is 0 Å². The summed E-state index contributed by atoms with van der Waals surface area (Å²) in [5, 5.41) is 7.12. The van der Waals surface area contributed by atoms with Gasteiger partial charge in [0.05, 0.1) is 11.7 Å². The van der Waals surface area contributed by atoms with Crippen LogP contribution in [0.25, 0.3) is 0 Å². The van der Waals surface area contributed by atoms with E-state index in [0.29, 0.717) is 25.5 Å². The second-order valence-electron chi connectivity index (χ2n) is 8.80. The Hall–Kier alpha value is -2.58. The topological polar surface area (TPSA) is 77.9 Å². The van der Waals surface area contributed by atoms with Gasteiger partial charge in [0.15, 0.2) is 11.5 Å². The average Bonchev–Trinajstić information content (AvgIpc) is 3.40. The second kappa shape index (κ2) is 8.51. The van der Waals surface area contributed by atoms with E-state index in [4.69, 9.17) is 14.2 Å². The van der Waals surface area contributed by atoms with Crippen LogP contribution in [0.5, 0.6) is 11.5 Å². The highest BCUT2D eigenvalue weighted by Gasteiger charge is 2.42. The lowest BCUT2D eigenvalue weighted by Gasteiger charge is -2.39. The average molecular weight is 427 g/mol. The molecular weight excluding hydrogens is 396 g/mol. The lowest BCUT2D eigenvalue weighted by atomic mass is 9.88. The van der Waals surface area contributed by atoms with E-state index in [1.807, 2.05) is 6.07 Å². The highest BCUT2D eigenvalue weighted by Crippen LogP contribution is 2.39. The maximum Gasteiger partial charge on any atom is 0.271 e. The molecule has 1 unspecified atom stereocenters. The van der Waals surface area contributed by atoms with Gasteiger partial charge in [-0.1, -0.05) is 6.07 Å². The van der Waals surface area contributed by atoms with Gasteiger partial charge in [-0.25, -0.2) is 0 Å². The van der Waals surface area contributed by atoms with Crippen LogP contribution < -0.4 is 14.8 Å². The number of ether oxygens (including phenoxy) is 3. The maximum atomic E-state index is 12.2. The Bertz CT molecular complexity index is 935. The van der Waals surface area contributed by atoms with Crippen LogP contribution >= 0.6 is 0 Å². The first-order chi connectivity index (χ1) is 15.1. The van der Waals surface area contributed by atoms with Crippen molar-refractivity contribution in [2.24, 2.45) is 7.05 Å². The molecule has 3 aliphatic rings. The van der Waals surface area contributed by atoms with Crippen LogP contribution in [0.15, 0.2) is 30.5 Å². The minimum absolute atomic E-state index is 0.0380. The Kier molecular flexibility index (Phi) is 5.58. The molecular formula is C23H30N4O4. The summed E-state index contributed by atoms with van der Waals surface area (Å²) in [6.45, 7) is 4.72. The zero-order valence-electron chi connectivity index (χ0n) is 18.0. The fraction of sp³-hybridized carbons (Fsp3) is 0.565. The first-order valence-electron chi connectivity index (χ1n) is 11.2. The van der Waals surface area contributed by atoms with Crippen molar-refractivity contribution in [1.29, 1.82) is 0 Å². The standard InChI is InChI=1S/C23H30N4O4/c1-26-9-5-19(25-26)22(28)24-15-18-4-6-23(31-18)7-10-27(11-8-23)16-17-2-3-20-21(14-17)30-13-12-29-20/h2-3,5,9,14,18H,4,6-8,10-13,15-16H2,1H3,(H,24,28). The molecule has 2 saturated heterocycles. The summed E-state index contributed by atoms with van der Waals surface area (Å²) in [7, 11) is 1.81. The van der Waals surface area contributed by atoms with Gasteiger partial charge < -0.3 is 19.5 Å². The second-order valence-corrected chi connectivity index (χ2v) is 8.80. The lowest BCUT2D eigenvalue weighted by Crippen LogP contribution is -2.44. The third-order valence-corrected chi connectivity index (χ3v) is 6.56. The van der Waals surface area contributed by atoms with Crippen molar-refractivity contribution in [2.75, 3.05) is 32.8 Å². The minimum Gasteiger partial charge on any atom is -0.486 e. The zero-order chi connectivity index (χ0) is 21.3. The lowest BCUT2D eigenvalue weighted by molar-refractivity contribution is -0.0764. The highest BCUT2D eigenvalue weighted by molar-refractivity contribution is 5.92. The molecule has 1 aromatic heterocycles. The van der Waals surface area contributed by atoms with Crippen LogP contribution in [-0.2, 0) is 18.3 Å². The van der Waals surface area contributed by atoms with Crippen molar-refractivity contribution in [3.63, 3.8) is 0 Å². The summed E-state index contributed by atoms with van der Waals surface area (Å²) >= 11 is 0.